The van der Waals surface area contributed by atoms with E-state index in [2.05, 4.69) is 17.2 Å². The molecule has 1 N–H and O–H groups in total. The van der Waals surface area contributed by atoms with Crippen molar-refractivity contribution < 1.29 is 4.79 Å². The smallest absolute Gasteiger partial charge is 0.251 e. The van der Waals surface area contributed by atoms with Gasteiger partial charge in [0.15, 0.2) is 0 Å². The molecule has 0 saturated heterocycles. The molecule has 69 valence electrons. The summed E-state index contributed by atoms with van der Waals surface area (Å²) in [5, 5.41) is 2.79. The Morgan fingerprint density at radius 1 is 1.46 bits per heavy atom. The number of nitrogens with zero attached hydrogens (tertiary/aromatic N) is 1. The number of nitrogens with one attached hydrogen (secondary N) is 1. The van der Waals surface area contributed by atoms with Crippen LogP contribution in [0.1, 0.15) is 23.2 Å². The van der Waals surface area contributed by atoms with Crippen molar-refractivity contribution in [3.8, 4) is 0 Å². The fourth-order valence-corrected chi connectivity index (χ4v) is 0.932. The van der Waals surface area contributed by atoms with E-state index < -0.39 is 0 Å². The van der Waals surface area contributed by atoms with E-state index in [9.17, 15) is 4.79 Å². The molecule has 3 nitrogen and oxygen atoms in total. The van der Waals surface area contributed by atoms with Crippen LogP contribution in [-0.4, -0.2) is 17.4 Å². The number of carbonyl (C=O) groups excluding carboxylic acids is 1. The highest BCUT2D eigenvalue weighted by Crippen LogP contribution is 1.95. The lowest BCUT2D eigenvalue weighted by Gasteiger charge is -2.02. The Labute approximate surface area is 78.2 Å². The van der Waals surface area contributed by atoms with Crippen LogP contribution in [-0.2, 0) is 0 Å². The van der Waals surface area contributed by atoms with Gasteiger partial charge in [0.1, 0.15) is 0 Å². The van der Waals surface area contributed by atoms with Crippen LogP contribution in [0.25, 0.3) is 0 Å². The van der Waals surface area contributed by atoms with Gasteiger partial charge in [-0.25, -0.2) is 0 Å². The number of aromatic nitrogens is 1. The maximum Gasteiger partial charge on any atom is 0.251 e. The van der Waals surface area contributed by atoms with Crippen LogP contribution in [0.5, 0.6) is 0 Å². The zero-order chi connectivity index (χ0) is 9.52. The molecule has 1 amide bonds. The van der Waals surface area contributed by atoms with E-state index in [1.807, 2.05) is 0 Å². The summed E-state index contributed by atoms with van der Waals surface area (Å²) in [7, 11) is 0. The van der Waals surface area contributed by atoms with Gasteiger partial charge < -0.3 is 5.32 Å². The Bertz CT molecular complexity index is 259. The van der Waals surface area contributed by atoms with Gasteiger partial charge in [0, 0.05) is 24.5 Å². The molecule has 13 heavy (non-hydrogen) atoms. The Hall–Kier alpha value is -1.38. The summed E-state index contributed by atoms with van der Waals surface area (Å²) in [5.41, 5.74) is 0.652. The van der Waals surface area contributed by atoms with Gasteiger partial charge in [-0.15, -0.1) is 0 Å². The van der Waals surface area contributed by atoms with E-state index in [1.165, 1.54) is 0 Å². The lowest BCUT2D eigenvalue weighted by molar-refractivity contribution is 0.0953. The van der Waals surface area contributed by atoms with E-state index in [4.69, 9.17) is 0 Å². The first-order valence-corrected chi connectivity index (χ1v) is 4.32. The molecule has 1 radical (unpaired) electrons. The fourth-order valence-electron chi connectivity index (χ4n) is 0.932. The zero-order valence-corrected chi connectivity index (χ0v) is 7.49. The van der Waals surface area contributed by atoms with Gasteiger partial charge in [-0.05, 0) is 18.6 Å². The fraction of sp³-hybridized carbons (Fsp3) is 0.300. The summed E-state index contributed by atoms with van der Waals surface area (Å²) < 4.78 is 0. The molecule has 1 heterocycles. The molecule has 0 fully saturated rings. The van der Waals surface area contributed by atoms with Crippen LogP contribution in [0.2, 0.25) is 0 Å². The second-order valence-corrected chi connectivity index (χ2v) is 2.70. The zero-order valence-electron chi connectivity index (χ0n) is 7.49. The SMILES string of the molecule is [CH2]CCCNC(=O)c1ccncc1. The van der Waals surface area contributed by atoms with Crippen molar-refractivity contribution >= 4 is 5.91 Å². The van der Waals surface area contributed by atoms with Crippen LogP contribution in [0.15, 0.2) is 24.5 Å². The van der Waals surface area contributed by atoms with Gasteiger partial charge in [-0.2, -0.15) is 0 Å². The second kappa shape index (κ2) is 5.30. The lowest BCUT2D eigenvalue weighted by Crippen LogP contribution is -2.24. The molecule has 1 aromatic rings. The van der Waals surface area contributed by atoms with Gasteiger partial charge >= 0.3 is 0 Å². The van der Waals surface area contributed by atoms with Gasteiger partial charge in [-0.3, -0.25) is 9.78 Å². The standard InChI is InChI=1S/C10H13N2O/c1-2-3-6-12-10(13)9-4-7-11-8-5-9/h4-5,7-8H,1-3,6H2,(H,12,13). The number of rotatable bonds is 4. The summed E-state index contributed by atoms with van der Waals surface area (Å²) in [4.78, 5) is 15.2. The number of hydrogen-bond acceptors (Lipinski definition) is 2. The van der Waals surface area contributed by atoms with Crippen LogP contribution in [0, 0.1) is 6.92 Å². The molecule has 0 atom stereocenters. The maximum atomic E-state index is 11.4. The van der Waals surface area contributed by atoms with Crippen LogP contribution in [0.4, 0.5) is 0 Å². The third-order valence-corrected chi connectivity index (χ3v) is 1.65. The van der Waals surface area contributed by atoms with Crippen molar-refractivity contribution in [2.24, 2.45) is 0 Å². The predicted molar refractivity (Wildman–Crippen MR) is 51.2 cm³/mol. The van der Waals surface area contributed by atoms with Crippen molar-refractivity contribution in [3.05, 3.63) is 37.0 Å². The number of pyridine rings is 1. The molecular weight excluding hydrogens is 164 g/mol. The normalized spacial score (nSPS) is 9.62. The highest BCUT2D eigenvalue weighted by molar-refractivity contribution is 5.93. The topological polar surface area (TPSA) is 42.0 Å². The molecule has 0 aliphatic heterocycles. The molecule has 1 rings (SSSR count). The van der Waals surface area contributed by atoms with Crippen molar-refractivity contribution in [2.45, 2.75) is 12.8 Å². The minimum atomic E-state index is -0.0455. The van der Waals surface area contributed by atoms with Crippen molar-refractivity contribution in [1.29, 1.82) is 0 Å². The average Bonchev–Trinajstić information content (AvgIpc) is 2.19. The molecule has 0 aliphatic carbocycles. The van der Waals surface area contributed by atoms with Crippen molar-refractivity contribution in [2.75, 3.05) is 6.54 Å². The molecule has 0 unspecified atom stereocenters. The van der Waals surface area contributed by atoms with E-state index in [0.717, 1.165) is 12.8 Å². The van der Waals surface area contributed by atoms with E-state index in [1.54, 1.807) is 24.5 Å². The van der Waals surface area contributed by atoms with E-state index in [-0.39, 0.29) is 5.91 Å². The summed E-state index contributed by atoms with van der Waals surface area (Å²) in [6.07, 6.45) is 4.97. The minimum Gasteiger partial charge on any atom is -0.352 e. The lowest BCUT2D eigenvalue weighted by atomic mass is 10.2. The highest BCUT2D eigenvalue weighted by atomic mass is 16.1. The second-order valence-electron chi connectivity index (χ2n) is 2.70. The number of hydrogen-bond donors (Lipinski definition) is 1. The predicted octanol–water partition coefficient (Wildman–Crippen LogP) is 1.43. The van der Waals surface area contributed by atoms with Gasteiger partial charge in [0.25, 0.3) is 5.91 Å². The maximum absolute atomic E-state index is 11.4. The summed E-state index contributed by atoms with van der Waals surface area (Å²) in [5.74, 6) is -0.0455. The van der Waals surface area contributed by atoms with E-state index >= 15 is 0 Å². The quantitative estimate of drug-likeness (QED) is 0.707. The molecule has 1 aromatic heterocycles. The Kier molecular flexibility index (Phi) is 3.96. The molecule has 0 saturated carbocycles. The number of unbranched alkanes of at least 4 members (excludes halogenated alkanes) is 1. The highest BCUT2D eigenvalue weighted by Gasteiger charge is 2.01. The van der Waals surface area contributed by atoms with Crippen molar-refractivity contribution in [3.63, 3.8) is 0 Å². The number of amides is 1. The van der Waals surface area contributed by atoms with E-state index in [0.29, 0.717) is 12.1 Å². The molecule has 0 spiro atoms. The van der Waals surface area contributed by atoms with Gasteiger partial charge in [-0.1, -0.05) is 13.3 Å². The molecule has 0 aliphatic rings. The third-order valence-electron chi connectivity index (χ3n) is 1.65. The van der Waals surface area contributed by atoms with Crippen molar-refractivity contribution in [1.82, 2.24) is 10.3 Å². The monoisotopic (exact) mass is 177 g/mol. The summed E-state index contributed by atoms with van der Waals surface area (Å²) in [6, 6.07) is 3.39. The summed E-state index contributed by atoms with van der Waals surface area (Å²) >= 11 is 0. The largest absolute Gasteiger partial charge is 0.352 e. The molecule has 0 aromatic carbocycles. The Morgan fingerprint density at radius 2 is 2.15 bits per heavy atom. The molecule has 3 heteroatoms. The Balaban J connectivity index is 2.40. The Morgan fingerprint density at radius 3 is 2.77 bits per heavy atom. The molecular formula is C10H13N2O. The summed E-state index contributed by atoms with van der Waals surface area (Å²) in [6.45, 7) is 4.38. The number of carbonyl (C=O) groups is 1. The molecule has 0 bridgehead atoms. The third kappa shape index (κ3) is 3.23. The first-order valence-electron chi connectivity index (χ1n) is 4.32. The van der Waals surface area contributed by atoms with Gasteiger partial charge in [0.05, 0.1) is 0 Å². The average molecular weight is 177 g/mol. The first kappa shape index (κ1) is 9.71. The van der Waals surface area contributed by atoms with Crippen LogP contribution < -0.4 is 5.32 Å². The minimum absolute atomic E-state index is 0.0455. The van der Waals surface area contributed by atoms with Gasteiger partial charge in [0.2, 0.25) is 0 Å². The van der Waals surface area contributed by atoms with Crippen LogP contribution in [0.3, 0.4) is 0 Å². The first-order chi connectivity index (χ1) is 6.34. The van der Waals surface area contributed by atoms with Crippen LogP contribution >= 0.6 is 0 Å².